The van der Waals surface area contributed by atoms with E-state index < -0.39 is 4.92 Å². The molecule has 0 aliphatic rings. The van der Waals surface area contributed by atoms with E-state index in [-0.39, 0.29) is 30.6 Å². The first-order valence-electron chi connectivity index (χ1n) is 10.7. The number of likely N-dealkylation sites (N-methyl/N-ethyl adjacent to an activating group) is 2. The van der Waals surface area contributed by atoms with Crippen LogP contribution < -0.4 is 10.6 Å². The molecule has 0 bridgehead atoms. The Hall–Kier alpha value is -2.74. The average Bonchev–Trinajstić information content (AvgIpc) is 3.35. The van der Waals surface area contributed by atoms with Crippen molar-refractivity contribution in [1.82, 2.24) is 19.8 Å². The van der Waals surface area contributed by atoms with Crippen molar-refractivity contribution >= 4 is 70.9 Å². The number of nitrogens with one attached hydrogen (secondary N) is 2. The molecule has 2 N–H and O–H groups in total. The predicted molar refractivity (Wildman–Crippen MR) is 132 cm³/mol. The number of aromatic nitrogens is 2. The number of amides is 2. The van der Waals surface area contributed by atoms with Crippen LogP contribution in [0.25, 0.3) is 20.4 Å². The SMILES string of the molecule is CCN(CC)CC(=O)Nc1nc2cc3nc(NC(=O)CN(CC)CC)sc3c([N+](=O)[O-])c2s1. The largest absolute Gasteiger partial charge is 0.308 e. The van der Waals surface area contributed by atoms with Crippen LogP contribution in [0, 0.1) is 10.1 Å². The smallest absolute Gasteiger partial charge is 0.301 e. The summed E-state index contributed by atoms with van der Waals surface area (Å²) in [5.74, 6) is -0.447. The third kappa shape index (κ3) is 5.79. The molecule has 0 unspecified atom stereocenters. The van der Waals surface area contributed by atoms with Gasteiger partial charge in [-0.15, -0.1) is 0 Å². The zero-order chi connectivity index (χ0) is 24.1. The molecule has 0 aliphatic carbocycles. The van der Waals surface area contributed by atoms with Crippen molar-refractivity contribution in [1.29, 1.82) is 0 Å². The summed E-state index contributed by atoms with van der Waals surface area (Å²) in [6.07, 6.45) is 0. The zero-order valence-corrected chi connectivity index (χ0v) is 20.6. The molecule has 0 spiro atoms. The number of non-ortho nitro benzene ring substituents is 1. The maximum Gasteiger partial charge on any atom is 0.308 e. The van der Waals surface area contributed by atoms with E-state index in [1.54, 1.807) is 6.07 Å². The van der Waals surface area contributed by atoms with Gasteiger partial charge in [-0.05, 0) is 32.2 Å². The number of fused-ring (bicyclic) bond motifs is 2. The van der Waals surface area contributed by atoms with Gasteiger partial charge in [-0.1, -0.05) is 50.4 Å². The minimum atomic E-state index is -0.468. The highest BCUT2D eigenvalue weighted by Gasteiger charge is 2.25. The maximum absolute atomic E-state index is 12.3. The number of nitro groups is 1. The van der Waals surface area contributed by atoms with Crippen LogP contribution in [0.1, 0.15) is 27.7 Å². The van der Waals surface area contributed by atoms with Crippen molar-refractivity contribution in [3.8, 4) is 0 Å². The summed E-state index contributed by atoms with van der Waals surface area (Å²) in [4.78, 5) is 48.7. The van der Waals surface area contributed by atoms with Crippen LogP contribution in [0.3, 0.4) is 0 Å². The maximum atomic E-state index is 12.3. The fourth-order valence-corrected chi connectivity index (χ4v) is 5.36. The average molecular weight is 494 g/mol. The molecule has 33 heavy (non-hydrogen) atoms. The quantitative estimate of drug-likeness (QED) is 0.307. The summed E-state index contributed by atoms with van der Waals surface area (Å²) in [5.41, 5.74) is 0.637. The monoisotopic (exact) mass is 493 g/mol. The number of carbonyl (C=O) groups excluding carboxylic acids is 2. The fourth-order valence-electron chi connectivity index (χ4n) is 3.32. The van der Waals surface area contributed by atoms with E-state index in [0.29, 0.717) is 30.7 Å². The number of benzene rings is 1. The Morgan fingerprint density at radius 3 is 1.61 bits per heavy atom. The number of rotatable bonds is 11. The summed E-state index contributed by atoms with van der Waals surface area (Å²) < 4.78 is 0.714. The molecule has 2 heterocycles. The predicted octanol–water partition coefficient (Wildman–Crippen LogP) is 3.37. The van der Waals surface area contributed by atoms with Gasteiger partial charge in [-0.3, -0.25) is 29.5 Å². The molecule has 0 saturated heterocycles. The van der Waals surface area contributed by atoms with Crippen molar-refractivity contribution in [3.63, 3.8) is 0 Å². The lowest BCUT2D eigenvalue weighted by Gasteiger charge is -2.16. The van der Waals surface area contributed by atoms with Crippen LogP contribution in [0.4, 0.5) is 16.0 Å². The Morgan fingerprint density at radius 2 is 1.27 bits per heavy atom. The number of thiazole rings is 2. The molecular formula is C20H27N7O4S2. The Balaban J connectivity index is 1.89. The number of hydrogen-bond acceptors (Lipinski definition) is 10. The Kier molecular flexibility index (Phi) is 8.24. The van der Waals surface area contributed by atoms with E-state index in [0.717, 1.165) is 48.9 Å². The Labute approximate surface area is 198 Å². The highest BCUT2D eigenvalue weighted by molar-refractivity contribution is 7.25. The first-order valence-corrected chi connectivity index (χ1v) is 12.4. The summed E-state index contributed by atoms with van der Waals surface area (Å²) in [7, 11) is 0. The standard InChI is InChI=1S/C20H27N7O4S2/c1-5-25(6-2)10-14(28)23-19-21-12-9-13-18(16(27(30)31)17(12)32-19)33-20(22-13)24-15(29)11-26(7-3)8-4/h9H,5-8,10-11H2,1-4H3,(H,21,23,28)(H,22,24,29). The van der Waals surface area contributed by atoms with Gasteiger partial charge in [0.2, 0.25) is 11.8 Å². The molecule has 0 saturated carbocycles. The van der Waals surface area contributed by atoms with Gasteiger partial charge < -0.3 is 10.6 Å². The van der Waals surface area contributed by atoms with Crippen LogP contribution in [-0.4, -0.2) is 75.8 Å². The molecule has 178 valence electrons. The molecule has 0 fully saturated rings. The molecule has 13 heteroatoms. The first-order chi connectivity index (χ1) is 15.8. The van der Waals surface area contributed by atoms with Crippen LogP contribution in [0.15, 0.2) is 6.07 Å². The van der Waals surface area contributed by atoms with Crippen molar-refractivity contribution in [2.45, 2.75) is 27.7 Å². The highest BCUT2D eigenvalue weighted by Crippen LogP contribution is 2.42. The van der Waals surface area contributed by atoms with Crippen molar-refractivity contribution in [2.24, 2.45) is 0 Å². The van der Waals surface area contributed by atoms with E-state index in [2.05, 4.69) is 20.6 Å². The van der Waals surface area contributed by atoms with E-state index in [9.17, 15) is 19.7 Å². The van der Waals surface area contributed by atoms with Gasteiger partial charge in [0, 0.05) is 0 Å². The minimum absolute atomic E-state index is 0.119. The van der Waals surface area contributed by atoms with Crippen molar-refractivity contribution in [3.05, 3.63) is 16.2 Å². The first kappa shape index (κ1) is 24.9. The fraction of sp³-hybridized carbons (Fsp3) is 0.500. The number of nitrogens with zero attached hydrogens (tertiary/aromatic N) is 5. The molecule has 3 aromatic rings. The van der Waals surface area contributed by atoms with E-state index >= 15 is 0 Å². The normalized spacial score (nSPS) is 11.6. The van der Waals surface area contributed by atoms with Crippen LogP contribution in [-0.2, 0) is 9.59 Å². The molecule has 1 aromatic carbocycles. The van der Waals surface area contributed by atoms with E-state index in [1.165, 1.54) is 0 Å². The molecule has 3 rings (SSSR count). The Bertz CT molecular complexity index is 1090. The molecule has 2 aromatic heterocycles. The molecular weight excluding hydrogens is 466 g/mol. The lowest BCUT2D eigenvalue weighted by atomic mass is 10.3. The number of hydrogen-bond donors (Lipinski definition) is 2. The van der Waals surface area contributed by atoms with Gasteiger partial charge in [-0.25, -0.2) is 9.97 Å². The van der Waals surface area contributed by atoms with Crippen molar-refractivity contribution in [2.75, 3.05) is 49.9 Å². The minimum Gasteiger partial charge on any atom is -0.301 e. The molecule has 0 radical (unpaired) electrons. The van der Waals surface area contributed by atoms with E-state index in [1.807, 2.05) is 37.5 Å². The molecule has 11 nitrogen and oxygen atoms in total. The zero-order valence-electron chi connectivity index (χ0n) is 19.0. The second-order valence-corrected chi connectivity index (χ2v) is 9.23. The summed E-state index contributed by atoms with van der Waals surface area (Å²) in [6, 6.07) is 1.64. The number of nitro benzene ring substituents is 1. The Morgan fingerprint density at radius 1 is 0.879 bits per heavy atom. The topological polar surface area (TPSA) is 134 Å². The van der Waals surface area contributed by atoms with Crippen LogP contribution in [0.2, 0.25) is 0 Å². The summed E-state index contributed by atoms with van der Waals surface area (Å²) in [6.45, 7) is 11.3. The lowest BCUT2D eigenvalue weighted by molar-refractivity contribution is -0.380. The van der Waals surface area contributed by atoms with Gasteiger partial charge in [0.1, 0.15) is 9.40 Å². The lowest BCUT2D eigenvalue weighted by Crippen LogP contribution is -2.32. The second kappa shape index (κ2) is 10.9. The molecule has 0 atom stereocenters. The van der Waals surface area contributed by atoms with Crippen LogP contribution >= 0.6 is 22.7 Å². The third-order valence-electron chi connectivity index (χ3n) is 5.21. The van der Waals surface area contributed by atoms with Gasteiger partial charge in [-0.2, -0.15) is 0 Å². The van der Waals surface area contributed by atoms with E-state index in [4.69, 9.17) is 0 Å². The number of carbonyl (C=O) groups is 2. The van der Waals surface area contributed by atoms with Crippen LogP contribution in [0.5, 0.6) is 0 Å². The summed E-state index contributed by atoms with van der Waals surface area (Å²) in [5, 5.41) is 18.0. The van der Waals surface area contributed by atoms with Gasteiger partial charge in [0.15, 0.2) is 10.3 Å². The number of anilines is 2. The molecule has 2 amide bonds. The van der Waals surface area contributed by atoms with Gasteiger partial charge in [0.25, 0.3) is 0 Å². The third-order valence-corrected chi connectivity index (χ3v) is 7.20. The molecule has 0 aliphatic heterocycles. The van der Waals surface area contributed by atoms with Gasteiger partial charge in [0.05, 0.1) is 29.0 Å². The second-order valence-electron chi connectivity index (χ2n) is 7.24. The van der Waals surface area contributed by atoms with Crippen molar-refractivity contribution < 1.29 is 14.5 Å². The summed E-state index contributed by atoms with van der Waals surface area (Å²) >= 11 is 2.11. The highest BCUT2D eigenvalue weighted by atomic mass is 32.1. The van der Waals surface area contributed by atoms with Gasteiger partial charge >= 0.3 is 5.69 Å².